The van der Waals surface area contributed by atoms with E-state index in [1.807, 2.05) is 6.07 Å². The third-order valence-corrected chi connectivity index (χ3v) is 3.13. The van der Waals surface area contributed by atoms with E-state index in [0.29, 0.717) is 24.0 Å². The fraction of sp³-hybridized carbons (Fsp3) is 0.333. The highest BCUT2D eigenvalue weighted by Crippen LogP contribution is 2.49. The van der Waals surface area contributed by atoms with Crippen molar-refractivity contribution >= 4 is 5.97 Å². The number of carboxylic acid groups (broad SMARTS) is 1. The monoisotopic (exact) mass is 217 g/mol. The summed E-state index contributed by atoms with van der Waals surface area (Å²) in [5, 5.41) is 27.5. The molecule has 16 heavy (non-hydrogen) atoms. The van der Waals surface area contributed by atoms with Crippen molar-refractivity contribution < 1.29 is 15.0 Å². The molecule has 1 fully saturated rings. The van der Waals surface area contributed by atoms with Crippen molar-refractivity contribution in [2.75, 3.05) is 0 Å². The number of aromatic hydroxyl groups is 1. The third kappa shape index (κ3) is 1.33. The summed E-state index contributed by atoms with van der Waals surface area (Å²) in [6.45, 7) is 1.66. The first-order chi connectivity index (χ1) is 7.51. The lowest BCUT2D eigenvalue weighted by Gasteiger charge is -2.12. The molecule has 0 atom stereocenters. The lowest BCUT2D eigenvalue weighted by Crippen LogP contribution is -2.19. The van der Waals surface area contributed by atoms with Crippen LogP contribution in [0.2, 0.25) is 0 Å². The summed E-state index contributed by atoms with van der Waals surface area (Å²) in [5.41, 5.74) is 0.473. The Bertz CT molecular complexity index is 510. The molecule has 0 aliphatic heterocycles. The van der Waals surface area contributed by atoms with Crippen LogP contribution >= 0.6 is 0 Å². The number of nitriles is 1. The maximum absolute atomic E-state index is 11.1. The SMILES string of the molecule is Cc1cc(C2(C(=O)O)CC2)cc(C#N)c1O. The minimum Gasteiger partial charge on any atom is -0.506 e. The van der Waals surface area contributed by atoms with Crippen molar-refractivity contribution in [1.29, 1.82) is 5.26 Å². The van der Waals surface area contributed by atoms with Crippen LogP contribution in [0.1, 0.15) is 29.5 Å². The van der Waals surface area contributed by atoms with E-state index < -0.39 is 11.4 Å². The molecule has 0 amide bonds. The number of hydrogen-bond donors (Lipinski definition) is 2. The lowest BCUT2D eigenvalue weighted by atomic mass is 9.92. The molecule has 1 aromatic carbocycles. The van der Waals surface area contributed by atoms with E-state index in [1.165, 1.54) is 6.07 Å². The molecule has 0 radical (unpaired) electrons. The summed E-state index contributed by atoms with van der Waals surface area (Å²) in [6, 6.07) is 5.00. The van der Waals surface area contributed by atoms with Crippen LogP contribution in [0.5, 0.6) is 5.75 Å². The van der Waals surface area contributed by atoms with Gasteiger partial charge in [0.05, 0.1) is 11.0 Å². The Morgan fingerprint density at radius 2 is 2.12 bits per heavy atom. The summed E-state index contributed by atoms with van der Waals surface area (Å²) < 4.78 is 0. The normalized spacial score (nSPS) is 16.5. The third-order valence-electron chi connectivity index (χ3n) is 3.13. The highest BCUT2D eigenvalue weighted by Gasteiger charge is 2.52. The first kappa shape index (κ1) is 10.5. The number of nitrogens with zero attached hydrogens (tertiary/aromatic N) is 1. The first-order valence-corrected chi connectivity index (χ1v) is 4.99. The van der Waals surface area contributed by atoms with E-state index in [-0.39, 0.29) is 11.3 Å². The van der Waals surface area contributed by atoms with E-state index in [4.69, 9.17) is 10.4 Å². The number of benzene rings is 1. The number of phenols is 1. The van der Waals surface area contributed by atoms with Gasteiger partial charge in [0.25, 0.3) is 0 Å². The Kier molecular flexibility index (Phi) is 2.13. The lowest BCUT2D eigenvalue weighted by molar-refractivity contribution is -0.140. The quantitative estimate of drug-likeness (QED) is 0.789. The van der Waals surface area contributed by atoms with Crippen molar-refractivity contribution in [1.82, 2.24) is 0 Å². The molecule has 4 heteroatoms. The van der Waals surface area contributed by atoms with Gasteiger partial charge in [-0.15, -0.1) is 0 Å². The number of carboxylic acids is 1. The maximum Gasteiger partial charge on any atom is 0.314 e. The van der Waals surface area contributed by atoms with Gasteiger partial charge in [-0.2, -0.15) is 5.26 Å². The molecule has 1 saturated carbocycles. The second-order valence-corrected chi connectivity index (χ2v) is 4.19. The van der Waals surface area contributed by atoms with Gasteiger partial charge in [-0.3, -0.25) is 4.79 Å². The van der Waals surface area contributed by atoms with Gasteiger partial charge in [-0.05, 0) is 37.0 Å². The molecule has 1 aliphatic carbocycles. The average molecular weight is 217 g/mol. The van der Waals surface area contributed by atoms with Crippen LogP contribution in [0, 0.1) is 18.3 Å². The highest BCUT2D eigenvalue weighted by atomic mass is 16.4. The van der Waals surface area contributed by atoms with Crippen LogP contribution in [0.25, 0.3) is 0 Å². The van der Waals surface area contributed by atoms with E-state index >= 15 is 0 Å². The summed E-state index contributed by atoms with van der Waals surface area (Å²) >= 11 is 0. The zero-order valence-electron chi connectivity index (χ0n) is 8.82. The molecule has 0 unspecified atom stereocenters. The standard InChI is InChI=1S/C12H11NO3/c1-7-4-9(5-8(6-13)10(7)14)12(2-3-12)11(15)16/h4-5,14H,2-3H2,1H3,(H,15,16). The molecule has 2 rings (SSSR count). The second kappa shape index (κ2) is 3.24. The van der Waals surface area contributed by atoms with Gasteiger partial charge in [0.2, 0.25) is 0 Å². The number of carbonyl (C=O) groups is 1. The zero-order valence-corrected chi connectivity index (χ0v) is 8.82. The molecule has 1 aromatic rings. The number of rotatable bonds is 2. The van der Waals surface area contributed by atoms with Crippen molar-refractivity contribution in [2.45, 2.75) is 25.2 Å². The molecule has 0 bridgehead atoms. The summed E-state index contributed by atoms with van der Waals surface area (Å²) in [7, 11) is 0. The van der Waals surface area contributed by atoms with E-state index in [9.17, 15) is 9.90 Å². The molecule has 0 heterocycles. The van der Waals surface area contributed by atoms with Crippen LogP contribution in [-0.2, 0) is 10.2 Å². The smallest absolute Gasteiger partial charge is 0.314 e. The molecule has 0 aromatic heterocycles. The van der Waals surface area contributed by atoms with Crippen LogP contribution in [0.15, 0.2) is 12.1 Å². The Hall–Kier alpha value is -2.02. The van der Waals surface area contributed by atoms with Gasteiger partial charge in [-0.25, -0.2) is 0 Å². The zero-order chi connectivity index (χ0) is 11.9. The van der Waals surface area contributed by atoms with Gasteiger partial charge in [0, 0.05) is 0 Å². The number of phenolic OH excluding ortho intramolecular Hbond substituents is 1. The van der Waals surface area contributed by atoms with Gasteiger partial charge >= 0.3 is 5.97 Å². The predicted octanol–water partition coefficient (Wildman–Crippen LogP) is 1.69. The minimum absolute atomic E-state index is 0.0626. The summed E-state index contributed by atoms with van der Waals surface area (Å²) in [5.74, 6) is -0.922. The highest BCUT2D eigenvalue weighted by molar-refractivity contribution is 5.85. The van der Waals surface area contributed by atoms with Crippen LogP contribution in [0.3, 0.4) is 0 Å². The Morgan fingerprint density at radius 1 is 1.50 bits per heavy atom. The second-order valence-electron chi connectivity index (χ2n) is 4.19. The van der Waals surface area contributed by atoms with Gasteiger partial charge in [0.1, 0.15) is 11.8 Å². The molecule has 4 nitrogen and oxygen atoms in total. The average Bonchev–Trinajstić information content (AvgIpc) is 3.02. The van der Waals surface area contributed by atoms with Gasteiger partial charge < -0.3 is 10.2 Å². The van der Waals surface area contributed by atoms with Gasteiger partial charge in [-0.1, -0.05) is 6.07 Å². The largest absolute Gasteiger partial charge is 0.506 e. The molecular weight excluding hydrogens is 206 g/mol. The fourth-order valence-corrected chi connectivity index (χ4v) is 1.89. The Labute approximate surface area is 92.8 Å². The Balaban J connectivity index is 2.57. The molecule has 0 spiro atoms. The van der Waals surface area contributed by atoms with Crippen LogP contribution in [-0.4, -0.2) is 16.2 Å². The maximum atomic E-state index is 11.1. The van der Waals surface area contributed by atoms with Crippen molar-refractivity contribution in [3.05, 3.63) is 28.8 Å². The molecule has 1 aliphatic rings. The van der Waals surface area contributed by atoms with Gasteiger partial charge in [0.15, 0.2) is 0 Å². The van der Waals surface area contributed by atoms with Crippen LogP contribution in [0.4, 0.5) is 0 Å². The minimum atomic E-state index is -0.860. The van der Waals surface area contributed by atoms with Crippen LogP contribution < -0.4 is 0 Å². The summed E-state index contributed by atoms with van der Waals surface area (Å²) in [4.78, 5) is 11.1. The molecule has 2 N–H and O–H groups in total. The fourth-order valence-electron chi connectivity index (χ4n) is 1.89. The van der Waals surface area contributed by atoms with Crippen molar-refractivity contribution in [3.8, 4) is 11.8 Å². The summed E-state index contributed by atoms with van der Waals surface area (Å²) in [6.07, 6.45) is 1.19. The number of hydrogen-bond acceptors (Lipinski definition) is 3. The Morgan fingerprint density at radius 3 is 2.56 bits per heavy atom. The van der Waals surface area contributed by atoms with Crippen molar-refractivity contribution in [3.63, 3.8) is 0 Å². The molecule has 82 valence electrons. The first-order valence-electron chi connectivity index (χ1n) is 4.99. The number of aryl methyl sites for hydroxylation is 1. The molecular formula is C12H11NO3. The number of aliphatic carboxylic acids is 1. The van der Waals surface area contributed by atoms with E-state index in [1.54, 1.807) is 13.0 Å². The van der Waals surface area contributed by atoms with E-state index in [2.05, 4.69) is 0 Å². The van der Waals surface area contributed by atoms with E-state index in [0.717, 1.165) is 0 Å². The van der Waals surface area contributed by atoms with Crippen molar-refractivity contribution in [2.24, 2.45) is 0 Å². The molecule has 0 saturated heterocycles. The topological polar surface area (TPSA) is 81.3 Å². The predicted molar refractivity (Wildman–Crippen MR) is 56.1 cm³/mol.